The highest BCUT2D eigenvalue weighted by Gasteiger charge is 2.47. The Hall–Kier alpha value is -0.160. The van der Waals surface area contributed by atoms with E-state index in [9.17, 15) is 0 Å². The van der Waals surface area contributed by atoms with Gasteiger partial charge in [-0.2, -0.15) is 0 Å². The molecule has 0 aliphatic carbocycles. The Morgan fingerprint density at radius 1 is 0.560 bits per heavy atom. The molecule has 0 N–H and O–H groups in total. The van der Waals surface area contributed by atoms with E-state index in [1.54, 1.807) is 0 Å². The highest BCUT2D eigenvalue weighted by molar-refractivity contribution is 4.88. The Morgan fingerprint density at radius 3 is 1.24 bits per heavy atom. The second kappa shape index (κ2) is 9.68. The van der Waals surface area contributed by atoms with Crippen LogP contribution in [-0.4, -0.2) is 38.0 Å². The summed E-state index contributed by atoms with van der Waals surface area (Å²) in [7, 11) is 0. The second-order valence-electron chi connectivity index (χ2n) is 8.54. The summed E-state index contributed by atoms with van der Waals surface area (Å²) in [5.74, 6) is -0.861. The minimum Gasteiger partial charge on any atom is -0.349 e. The molecule has 2 rings (SSSR count). The first kappa shape index (κ1) is 21.1. The van der Waals surface area contributed by atoms with Gasteiger partial charge in [0.25, 0.3) is 0 Å². The van der Waals surface area contributed by atoms with Gasteiger partial charge in [0.05, 0.1) is 31.8 Å². The molecule has 0 amide bonds. The Balaban J connectivity index is 1.71. The van der Waals surface area contributed by atoms with Crippen molar-refractivity contribution >= 4 is 0 Å². The van der Waals surface area contributed by atoms with Crippen LogP contribution in [0.3, 0.4) is 0 Å². The predicted octanol–water partition coefficient (Wildman–Crippen LogP) is 5.44. The lowest BCUT2D eigenvalue weighted by molar-refractivity contribution is -0.362. The van der Waals surface area contributed by atoms with Crippen molar-refractivity contribution in [3.63, 3.8) is 0 Å². The Morgan fingerprint density at radius 2 is 0.920 bits per heavy atom. The molecule has 2 fully saturated rings. The van der Waals surface area contributed by atoms with E-state index in [0.717, 1.165) is 12.8 Å². The summed E-state index contributed by atoms with van der Waals surface area (Å²) < 4.78 is 24.6. The molecule has 0 radical (unpaired) electrons. The van der Waals surface area contributed by atoms with E-state index in [-0.39, 0.29) is 5.41 Å². The van der Waals surface area contributed by atoms with Crippen LogP contribution in [-0.2, 0) is 18.9 Å². The highest BCUT2D eigenvalue weighted by Crippen LogP contribution is 2.39. The standard InChI is InChI=1S/C21H40O4/c1-5-7-9-11-13-19(3)22-15-21(16-23-19)17-24-20(4,25-18-21)14-12-10-8-6-2/h5-18H2,1-4H3. The molecule has 4 heteroatoms. The number of hydrogen-bond donors (Lipinski definition) is 0. The summed E-state index contributed by atoms with van der Waals surface area (Å²) in [6, 6.07) is 0. The number of hydrogen-bond acceptors (Lipinski definition) is 4. The minimum atomic E-state index is -0.431. The second-order valence-corrected chi connectivity index (χ2v) is 8.54. The first-order chi connectivity index (χ1) is 11.9. The topological polar surface area (TPSA) is 36.9 Å². The Bertz CT molecular complexity index is 327. The lowest BCUT2D eigenvalue weighted by atomic mass is 9.88. The summed E-state index contributed by atoms with van der Waals surface area (Å²) in [6.45, 7) is 11.3. The van der Waals surface area contributed by atoms with Gasteiger partial charge in [0.2, 0.25) is 0 Å². The fourth-order valence-electron chi connectivity index (χ4n) is 3.59. The molecule has 0 atom stereocenters. The maximum absolute atomic E-state index is 6.14. The molecular weight excluding hydrogens is 316 g/mol. The third-order valence-electron chi connectivity index (χ3n) is 5.70. The fraction of sp³-hybridized carbons (Fsp3) is 1.00. The van der Waals surface area contributed by atoms with E-state index >= 15 is 0 Å². The van der Waals surface area contributed by atoms with Gasteiger partial charge in [0.15, 0.2) is 11.6 Å². The lowest BCUT2D eigenvalue weighted by Crippen LogP contribution is -2.57. The predicted molar refractivity (Wildman–Crippen MR) is 101 cm³/mol. The van der Waals surface area contributed by atoms with E-state index in [4.69, 9.17) is 18.9 Å². The molecule has 0 aromatic heterocycles. The largest absolute Gasteiger partial charge is 0.349 e. The quantitative estimate of drug-likeness (QED) is 0.488. The molecule has 148 valence electrons. The zero-order valence-electron chi connectivity index (χ0n) is 17.0. The van der Waals surface area contributed by atoms with Crippen molar-refractivity contribution < 1.29 is 18.9 Å². The van der Waals surface area contributed by atoms with Crippen LogP contribution in [0, 0.1) is 5.41 Å². The third kappa shape index (κ3) is 6.50. The average molecular weight is 357 g/mol. The normalized spacial score (nSPS) is 36.0. The van der Waals surface area contributed by atoms with Gasteiger partial charge in [-0.1, -0.05) is 52.4 Å². The van der Waals surface area contributed by atoms with Crippen LogP contribution in [0.5, 0.6) is 0 Å². The van der Waals surface area contributed by atoms with Crippen LogP contribution in [0.25, 0.3) is 0 Å². The molecule has 0 aromatic rings. The van der Waals surface area contributed by atoms with Crippen molar-refractivity contribution in [3.8, 4) is 0 Å². The maximum atomic E-state index is 6.14. The molecule has 1 spiro atoms. The lowest BCUT2D eigenvalue weighted by Gasteiger charge is -2.49. The van der Waals surface area contributed by atoms with Crippen molar-refractivity contribution in [1.82, 2.24) is 0 Å². The van der Waals surface area contributed by atoms with Gasteiger partial charge in [0.1, 0.15) is 0 Å². The van der Waals surface area contributed by atoms with Crippen molar-refractivity contribution in [3.05, 3.63) is 0 Å². The van der Waals surface area contributed by atoms with Gasteiger partial charge in [-0.15, -0.1) is 0 Å². The first-order valence-electron chi connectivity index (χ1n) is 10.5. The third-order valence-corrected chi connectivity index (χ3v) is 5.70. The molecule has 0 aromatic carbocycles. The van der Waals surface area contributed by atoms with E-state index < -0.39 is 11.6 Å². The molecule has 2 heterocycles. The van der Waals surface area contributed by atoms with Crippen molar-refractivity contribution in [2.75, 3.05) is 26.4 Å². The van der Waals surface area contributed by atoms with Gasteiger partial charge in [-0.3, -0.25) is 0 Å². The van der Waals surface area contributed by atoms with Gasteiger partial charge in [-0.25, -0.2) is 0 Å². The molecule has 0 unspecified atom stereocenters. The Kier molecular flexibility index (Phi) is 8.19. The summed E-state index contributed by atoms with van der Waals surface area (Å²) in [4.78, 5) is 0. The molecule has 0 bridgehead atoms. The number of rotatable bonds is 10. The monoisotopic (exact) mass is 356 g/mol. The van der Waals surface area contributed by atoms with Crippen LogP contribution in [0.15, 0.2) is 0 Å². The van der Waals surface area contributed by atoms with Crippen LogP contribution in [0.2, 0.25) is 0 Å². The summed E-state index contributed by atoms with van der Waals surface area (Å²) in [5.41, 5.74) is -0.133. The number of unbranched alkanes of at least 4 members (excludes halogenated alkanes) is 6. The van der Waals surface area contributed by atoms with Crippen LogP contribution >= 0.6 is 0 Å². The van der Waals surface area contributed by atoms with Gasteiger partial charge in [-0.05, 0) is 26.7 Å². The highest BCUT2D eigenvalue weighted by atomic mass is 16.7. The fourth-order valence-corrected chi connectivity index (χ4v) is 3.59. The maximum Gasteiger partial charge on any atom is 0.165 e. The van der Waals surface area contributed by atoms with E-state index in [2.05, 4.69) is 27.7 Å². The van der Waals surface area contributed by atoms with Gasteiger partial charge >= 0.3 is 0 Å². The van der Waals surface area contributed by atoms with Crippen LogP contribution in [0.1, 0.15) is 91.9 Å². The first-order valence-corrected chi connectivity index (χ1v) is 10.5. The smallest absolute Gasteiger partial charge is 0.165 e. The van der Waals surface area contributed by atoms with Crippen molar-refractivity contribution in [2.45, 2.75) is 103 Å². The summed E-state index contributed by atoms with van der Waals surface area (Å²) in [5, 5.41) is 0. The summed E-state index contributed by atoms with van der Waals surface area (Å²) in [6.07, 6.45) is 11.9. The molecule has 2 saturated heterocycles. The zero-order chi connectivity index (χ0) is 18.2. The molecule has 2 aliphatic rings. The van der Waals surface area contributed by atoms with Gasteiger partial charge < -0.3 is 18.9 Å². The van der Waals surface area contributed by atoms with E-state index in [0.29, 0.717) is 26.4 Å². The summed E-state index contributed by atoms with van der Waals surface area (Å²) >= 11 is 0. The average Bonchev–Trinajstić information content (AvgIpc) is 2.62. The zero-order valence-corrected chi connectivity index (χ0v) is 17.0. The molecular formula is C21H40O4. The van der Waals surface area contributed by atoms with Gasteiger partial charge in [0, 0.05) is 12.8 Å². The van der Waals surface area contributed by atoms with E-state index in [1.807, 2.05) is 0 Å². The minimum absolute atomic E-state index is 0.133. The molecule has 25 heavy (non-hydrogen) atoms. The van der Waals surface area contributed by atoms with E-state index in [1.165, 1.54) is 51.4 Å². The van der Waals surface area contributed by atoms with Crippen LogP contribution in [0.4, 0.5) is 0 Å². The van der Waals surface area contributed by atoms with Crippen LogP contribution < -0.4 is 0 Å². The number of ether oxygens (including phenoxy) is 4. The van der Waals surface area contributed by atoms with Crippen molar-refractivity contribution in [2.24, 2.45) is 5.41 Å². The SMILES string of the molecule is CCCCCCC1(C)OCC2(CO1)COC(C)(CCCCCC)OC2. The van der Waals surface area contributed by atoms with Crippen molar-refractivity contribution in [1.29, 1.82) is 0 Å². The molecule has 0 saturated carbocycles. The molecule has 4 nitrogen and oxygen atoms in total. The Labute approximate surface area is 154 Å². The molecule has 2 aliphatic heterocycles.